The van der Waals surface area contributed by atoms with Crippen LogP contribution in [0.4, 0.5) is 0 Å². The Morgan fingerprint density at radius 3 is 2.84 bits per heavy atom. The summed E-state index contributed by atoms with van der Waals surface area (Å²) in [6.07, 6.45) is 7.19. The zero-order valence-electron chi connectivity index (χ0n) is 15.1. The van der Waals surface area contributed by atoms with Crippen LogP contribution in [0.5, 0.6) is 0 Å². The van der Waals surface area contributed by atoms with Gasteiger partial charge >= 0.3 is 0 Å². The average molecular weight is 341 g/mol. The second kappa shape index (κ2) is 8.25. The van der Waals surface area contributed by atoms with Gasteiger partial charge in [0.2, 0.25) is 5.91 Å². The molecule has 0 atom stereocenters. The zero-order chi connectivity index (χ0) is 17.6. The average Bonchev–Trinajstić information content (AvgIpc) is 2.98. The molecule has 6 nitrogen and oxygen atoms in total. The molecule has 6 heteroatoms. The zero-order valence-corrected chi connectivity index (χ0v) is 15.1. The Morgan fingerprint density at radius 2 is 2.16 bits per heavy atom. The summed E-state index contributed by atoms with van der Waals surface area (Å²) >= 11 is 0. The standard InChI is InChI=1S/C19H27N5O/c1-3-5-19(25)21-16-7-10-24(11-8-16)14-17-12-18(22-23(17)2)15-6-4-9-20-13-15/h4,6,9,12-13,16H,3,5,7-8,10-11,14H2,1-2H3,(H,21,25). The van der Waals surface area contributed by atoms with E-state index in [4.69, 9.17) is 0 Å². The largest absolute Gasteiger partial charge is 0.353 e. The van der Waals surface area contributed by atoms with Crippen LogP contribution in [0.15, 0.2) is 30.6 Å². The summed E-state index contributed by atoms with van der Waals surface area (Å²) in [6.45, 7) is 4.93. The molecule has 1 aliphatic heterocycles. The molecule has 0 saturated carbocycles. The first-order valence-corrected chi connectivity index (χ1v) is 9.10. The Labute approximate surface area is 149 Å². The van der Waals surface area contributed by atoms with Gasteiger partial charge in [-0.1, -0.05) is 6.92 Å². The van der Waals surface area contributed by atoms with Gasteiger partial charge in [0.1, 0.15) is 0 Å². The van der Waals surface area contributed by atoms with E-state index in [9.17, 15) is 4.79 Å². The van der Waals surface area contributed by atoms with E-state index in [-0.39, 0.29) is 5.91 Å². The van der Waals surface area contributed by atoms with E-state index in [0.717, 1.165) is 50.2 Å². The number of hydrogen-bond donors (Lipinski definition) is 1. The first kappa shape index (κ1) is 17.6. The van der Waals surface area contributed by atoms with E-state index in [1.54, 1.807) is 6.20 Å². The van der Waals surface area contributed by atoms with Crippen molar-refractivity contribution in [2.45, 2.75) is 45.2 Å². The predicted octanol–water partition coefficient (Wildman–Crippen LogP) is 2.36. The molecule has 1 fully saturated rings. The molecule has 1 amide bonds. The third kappa shape index (κ3) is 4.66. The molecule has 25 heavy (non-hydrogen) atoms. The van der Waals surface area contributed by atoms with Crippen LogP contribution in [0.2, 0.25) is 0 Å². The molecule has 0 aliphatic carbocycles. The van der Waals surface area contributed by atoms with Crippen molar-refractivity contribution in [2.24, 2.45) is 7.05 Å². The number of amides is 1. The van der Waals surface area contributed by atoms with Crippen LogP contribution < -0.4 is 5.32 Å². The number of piperidine rings is 1. The van der Waals surface area contributed by atoms with E-state index >= 15 is 0 Å². The fourth-order valence-corrected chi connectivity index (χ4v) is 3.30. The lowest BCUT2D eigenvalue weighted by molar-refractivity contribution is -0.122. The third-order valence-electron chi connectivity index (χ3n) is 4.75. The van der Waals surface area contributed by atoms with Gasteiger partial charge in [-0.3, -0.25) is 19.4 Å². The van der Waals surface area contributed by atoms with Crippen molar-refractivity contribution in [3.05, 3.63) is 36.3 Å². The Morgan fingerprint density at radius 1 is 1.36 bits per heavy atom. The quantitative estimate of drug-likeness (QED) is 0.876. The fraction of sp³-hybridized carbons (Fsp3) is 0.526. The number of carbonyl (C=O) groups is 1. The number of pyridine rings is 1. The smallest absolute Gasteiger partial charge is 0.220 e. The number of nitrogens with zero attached hydrogens (tertiary/aromatic N) is 4. The summed E-state index contributed by atoms with van der Waals surface area (Å²) in [4.78, 5) is 18.3. The van der Waals surface area contributed by atoms with Gasteiger partial charge in [-0.25, -0.2) is 0 Å². The van der Waals surface area contributed by atoms with Crippen LogP contribution >= 0.6 is 0 Å². The summed E-state index contributed by atoms with van der Waals surface area (Å²) in [7, 11) is 1.99. The summed E-state index contributed by atoms with van der Waals surface area (Å²) in [5.74, 6) is 0.189. The van der Waals surface area contributed by atoms with E-state index in [1.807, 2.05) is 37.0 Å². The highest BCUT2D eigenvalue weighted by molar-refractivity contribution is 5.76. The molecule has 3 heterocycles. The number of nitrogens with one attached hydrogen (secondary N) is 1. The van der Waals surface area contributed by atoms with Crippen LogP contribution in [0, 0.1) is 0 Å². The fourth-order valence-electron chi connectivity index (χ4n) is 3.30. The van der Waals surface area contributed by atoms with Crippen molar-refractivity contribution < 1.29 is 4.79 Å². The monoisotopic (exact) mass is 341 g/mol. The molecule has 0 spiro atoms. The molecule has 1 N–H and O–H groups in total. The molecule has 0 bridgehead atoms. The van der Waals surface area contributed by atoms with Crippen molar-refractivity contribution in [3.8, 4) is 11.3 Å². The molecule has 0 aromatic carbocycles. The Hall–Kier alpha value is -2.21. The molecule has 2 aromatic heterocycles. The van der Waals surface area contributed by atoms with Gasteiger partial charge < -0.3 is 5.32 Å². The van der Waals surface area contributed by atoms with Crippen molar-refractivity contribution in [1.82, 2.24) is 25.0 Å². The van der Waals surface area contributed by atoms with E-state index in [2.05, 4.69) is 26.4 Å². The van der Waals surface area contributed by atoms with E-state index in [1.165, 1.54) is 5.69 Å². The minimum absolute atomic E-state index is 0.189. The number of aromatic nitrogens is 3. The maximum atomic E-state index is 11.7. The Balaban J connectivity index is 1.54. The van der Waals surface area contributed by atoms with Gasteiger partial charge in [-0.15, -0.1) is 0 Å². The molecule has 0 radical (unpaired) electrons. The Bertz CT molecular complexity index is 689. The minimum atomic E-state index is 0.189. The molecule has 1 aliphatic rings. The summed E-state index contributed by atoms with van der Waals surface area (Å²) in [6, 6.07) is 6.43. The van der Waals surface area contributed by atoms with E-state index in [0.29, 0.717) is 12.5 Å². The molecule has 2 aromatic rings. The number of hydrogen-bond acceptors (Lipinski definition) is 4. The van der Waals surface area contributed by atoms with Gasteiger partial charge in [-0.2, -0.15) is 5.10 Å². The molecule has 3 rings (SSSR count). The van der Waals surface area contributed by atoms with Crippen molar-refractivity contribution in [2.75, 3.05) is 13.1 Å². The maximum absolute atomic E-state index is 11.7. The topological polar surface area (TPSA) is 63.1 Å². The summed E-state index contributed by atoms with van der Waals surface area (Å²) < 4.78 is 1.96. The van der Waals surface area contributed by atoms with Crippen LogP contribution in [0.25, 0.3) is 11.3 Å². The second-order valence-electron chi connectivity index (χ2n) is 6.75. The number of likely N-dealkylation sites (tertiary alicyclic amines) is 1. The molecular weight excluding hydrogens is 314 g/mol. The van der Waals surface area contributed by atoms with Crippen LogP contribution in [0.3, 0.4) is 0 Å². The SMILES string of the molecule is CCCC(=O)NC1CCN(Cc2cc(-c3cccnc3)nn2C)CC1. The highest BCUT2D eigenvalue weighted by Crippen LogP contribution is 2.20. The van der Waals surface area contributed by atoms with Crippen LogP contribution in [-0.4, -0.2) is 44.7 Å². The molecular formula is C19H27N5O. The second-order valence-corrected chi connectivity index (χ2v) is 6.75. The Kier molecular flexibility index (Phi) is 5.81. The van der Waals surface area contributed by atoms with Crippen LogP contribution in [0.1, 0.15) is 38.3 Å². The highest BCUT2D eigenvalue weighted by Gasteiger charge is 2.21. The van der Waals surface area contributed by atoms with Crippen molar-refractivity contribution in [1.29, 1.82) is 0 Å². The van der Waals surface area contributed by atoms with Gasteiger partial charge in [-0.05, 0) is 37.5 Å². The number of aryl methyl sites for hydroxylation is 1. The van der Waals surface area contributed by atoms with Crippen LogP contribution in [-0.2, 0) is 18.4 Å². The minimum Gasteiger partial charge on any atom is -0.353 e. The first-order chi connectivity index (χ1) is 12.2. The van der Waals surface area contributed by atoms with Gasteiger partial charge in [0.25, 0.3) is 0 Å². The lowest BCUT2D eigenvalue weighted by Gasteiger charge is -2.32. The molecule has 0 unspecified atom stereocenters. The summed E-state index contributed by atoms with van der Waals surface area (Å²) in [5, 5.41) is 7.77. The highest BCUT2D eigenvalue weighted by atomic mass is 16.1. The first-order valence-electron chi connectivity index (χ1n) is 9.10. The third-order valence-corrected chi connectivity index (χ3v) is 4.75. The number of carbonyl (C=O) groups excluding carboxylic acids is 1. The molecule has 134 valence electrons. The lowest BCUT2D eigenvalue weighted by Crippen LogP contribution is -2.44. The van der Waals surface area contributed by atoms with Crippen molar-refractivity contribution >= 4 is 5.91 Å². The summed E-state index contributed by atoms with van der Waals surface area (Å²) in [5.41, 5.74) is 3.21. The van der Waals surface area contributed by atoms with Crippen molar-refractivity contribution in [3.63, 3.8) is 0 Å². The maximum Gasteiger partial charge on any atom is 0.220 e. The van der Waals surface area contributed by atoms with Gasteiger partial charge in [0.05, 0.1) is 11.4 Å². The van der Waals surface area contributed by atoms with E-state index < -0.39 is 0 Å². The molecule has 1 saturated heterocycles. The predicted molar refractivity (Wildman–Crippen MR) is 97.8 cm³/mol. The lowest BCUT2D eigenvalue weighted by atomic mass is 10.0. The normalized spacial score (nSPS) is 16.1. The number of rotatable bonds is 6. The van der Waals surface area contributed by atoms with Gasteiger partial charge in [0.15, 0.2) is 0 Å². The van der Waals surface area contributed by atoms with Gasteiger partial charge in [0, 0.05) is 57.1 Å².